The number of aromatic nitrogens is 1. The average Bonchev–Trinajstić information content (AvgIpc) is 2.55. The lowest BCUT2D eigenvalue weighted by atomic mass is 10.3. The van der Waals surface area contributed by atoms with Crippen LogP contribution < -0.4 is 4.90 Å². The lowest BCUT2D eigenvalue weighted by Gasteiger charge is -2.32. The number of pyridine rings is 1. The molecule has 0 amide bonds. The Morgan fingerprint density at radius 1 is 0.952 bits per heavy atom. The third-order valence-corrected chi connectivity index (χ3v) is 4.03. The van der Waals surface area contributed by atoms with Gasteiger partial charge in [0.1, 0.15) is 11.5 Å². The van der Waals surface area contributed by atoms with E-state index in [9.17, 15) is 0 Å². The first-order valence-electron chi connectivity index (χ1n) is 6.90. The molecule has 1 aliphatic rings. The van der Waals surface area contributed by atoms with Gasteiger partial charge >= 0.3 is 0 Å². The fraction of sp³-hybridized carbons (Fsp3) is 0.267. The number of hydrogen-bond acceptors (Lipinski definition) is 4. The lowest BCUT2D eigenvalue weighted by molar-refractivity contribution is 0.253. The summed E-state index contributed by atoms with van der Waals surface area (Å²) in [6.45, 7) is 3.52. The first-order chi connectivity index (χ1) is 10.3. The molecule has 0 saturated carbocycles. The Bertz CT molecular complexity index is 608. The van der Waals surface area contributed by atoms with E-state index in [-0.39, 0.29) is 0 Å². The Kier molecular flexibility index (Phi) is 4.45. The van der Waals surface area contributed by atoms with E-state index in [1.54, 1.807) is 0 Å². The molecule has 0 unspecified atom stereocenters. The number of piperazine rings is 1. The quantitative estimate of drug-likeness (QED) is 0.797. The molecule has 0 N–H and O–H groups in total. The van der Waals surface area contributed by atoms with Crippen molar-refractivity contribution in [2.45, 2.75) is 0 Å². The number of rotatable bonds is 3. The molecule has 2 heterocycles. The molecule has 1 aromatic heterocycles. The van der Waals surface area contributed by atoms with Crippen LogP contribution in [0.4, 0.5) is 11.5 Å². The zero-order valence-electron chi connectivity index (χ0n) is 11.6. The van der Waals surface area contributed by atoms with Gasteiger partial charge in [-0.1, -0.05) is 23.4 Å². The van der Waals surface area contributed by atoms with Crippen LogP contribution in [0.1, 0.15) is 0 Å². The van der Waals surface area contributed by atoms with E-state index >= 15 is 0 Å². The van der Waals surface area contributed by atoms with E-state index in [0.29, 0.717) is 0 Å². The van der Waals surface area contributed by atoms with Gasteiger partial charge in [0, 0.05) is 23.8 Å². The molecule has 3 rings (SSSR count). The maximum Gasteiger partial charge on any atom is 0.128 e. The lowest BCUT2D eigenvalue weighted by Crippen LogP contribution is -2.44. The van der Waals surface area contributed by atoms with Crippen molar-refractivity contribution in [3.05, 3.63) is 53.1 Å². The second-order valence-corrected chi connectivity index (χ2v) is 5.62. The maximum absolute atomic E-state index is 4.38. The minimum absolute atomic E-state index is 0.852. The number of anilines is 1. The van der Waals surface area contributed by atoms with Gasteiger partial charge in [0.25, 0.3) is 0 Å². The van der Waals surface area contributed by atoms with Gasteiger partial charge in [-0.05, 0) is 40.2 Å². The summed E-state index contributed by atoms with van der Waals surface area (Å²) in [5, 5.41) is 10.6. The van der Waals surface area contributed by atoms with Crippen LogP contribution in [0.2, 0.25) is 0 Å². The third-order valence-electron chi connectivity index (χ3n) is 3.36. The highest BCUT2D eigenvalue weighted by molar-refractivity contribution is 9.10. The van der Waals surface area contributed by atoms with Gasteiger partial charge in [-0.3, -0.25) is 5.01 Å². The summed E-state index contributed by atoms with van der Waals surface area (Å²) in [7, 11) is 0. The van der Waals surface area contributed by atoms with E-state index in [2.05, 4.69) is 36.2 Å². The van der Waals surface area contributed by atoms with Crippen LogP contribution >= 0.6 is 15.9 Å². The Morgan fingerprint density at radius 3 is 2.43 bits per heavy atom. The zero-order valence-corrected chi connectivity index (χ0v) is 13.1. The average molecular weight is 346 g/mol. The third kappa shape index (κ3) is 3.58. The van der Waals surface area contributed by atoms with Gasteiger partial charge in [0.05, 0.1) is 13.1 Å². The van der Waals surface area contributed by atoms with Crippen molar-refractivity contribution >= 4 is 27.4 Å². The molecule has 5 nitrogen and oxygen atoms in total. The molecule has 21 heavy (non-hydrogen) atoms. The molecule has 0 bridgehead atoms. The van der Waals surface area contributed by atoms with Gasteiger partial charge in [-0.2, -0.15) is 0 Å². The summed E-state index contributed by atoms with van der Waals surface area (Å²) in [6.07, 6.45) is 1.83. The van der Waals surface area contributed by atoms with Crippen LogP contribution in [0.5, 0.6) is 0 Å². The Labute approximate surface area is 132 Å². The standard InChI is InChI=1S/C15H16BrN5/c16-13-5-1-2-6-14(13)18-19-21-11-9-20(10-12-21)15-7-3-4-8-17-15/h1-8H,9-12H2. The normalized spacial score (nSPS) is 15.7. The van der Waals surface area contributed by atoms with Crippen molar-refractivity contribution in [2.24, 2.45) is 10.3 Å². The monoisotopic (exact) mass is 345 g/mol. The molecule has 1 aromatic carbocycles. The number of hydrogen-bond donors (Lipinski definition) is 0. The highest BCUT2D eigenvalue weighted by Crippen LogP contribution is 2.25. The van der Waals surface area contributed by atoms with Crippen molar-refractivity contribution in [2.75, 3.05) is 31.1 Å². The van der Waals surface area contributed by atoms with E-state index in [0.717, 1.165) is 42.2 Å². The second-order valence-electron chi connectivity index (χ2n) is 4.77. The smallest absolute Gasteiger partial charge is 0.128 e. The van der Waals surface area contributed by atoms with E-state index in [4.69, 9.17) is 0 Å². The number of halogens is 1. The van der Waals surface area contributed by atoms with Crippen molar-refractivity contribution < 1.29 is 0 Å². The van der Waals surface area contributed by atoms with Crippen molar-refractivity contribution in [3.8, 4) is 0 Å². The van der Waals surface area contributed by atoms with Crippen LogP contribution in [-0.4, -0.2) is 36.2 Å². The van der Waals surface area contributed by atoms with Crippen molar-refractivity contribution in [1.29, 1.82) is 0 Å². The van der Waals surface area contributed by atoms with E-state index in [1.165, 1.54) is 0 Å². The maximum atomic E-state index is 4.38. The molecule has 0 spiro atoms. The number of nitrogens with zero attached hydrogens (tertiary/aromatic N) is 5. The van der Waals surface area contributed by atoms with E-state index < -0.39 is 0 Å². The topological polar surface area (TPSA) is 44.1 Å². The molecular weight excluding hydrogens is 330 g/mol. The molecule has 1 saturated heterocycles. The largest absolute Gasteiger partial charge is 0.353 e. The van der Waals surface area contributed by atoms with Gasteiger partial charge in [-0.25, -0.2) is 4.98 Å². The molecular formula is C15H16BrN5. The van der Waals surface area contributed by atoms with Crippen molar-refractivity contribution in [3.63, 3.8) is 0 Å². The van der Waals surface area contributed by atoms with Crippen LogP contribution in [0.3, 0.4) is 0 Å². The van der Waals surface area contributed by atoms with E-state index in [1.807, 2.05) is 53.7 Å². The SMILES string of the molecule is Brc1ccccc1N=NN1CCN(c2ccccn2)CC1. The molecule has 2 aromatic rings. The molecule has 0 aliphatic carbocycles. The van der Waals surface area contributed by atoms with Gasteiger partial charge in [0.15, 0.2) is 0 Å². The predicted molar refractivity (Wildman–Crippen MR) is 86.7 cm³/mol. The highest BCUT2D eigenvalue weighted by atomic mass is 79.9. The summed E-state index contributed by atoms with van der Waals surface area (Å²) in [4.78, 5) is 6.65. The Morgan fingerprint density at radius 2 is 1.71 bits per heavy atom. The summed E-state index contributed by atoms with van der Waals surface area (Å²) in [6, 6.07) is 13.8. The second kappa shape index (κ2) is 6.67. The highest BCUT2D eigenvalue weighted by Gasteiger charge is 2.16. The Hall–Kier alpha value is -1.95. The zero-order chi connectivity index (χ0) is 14.5. The first-order valence-corrected chi connectivity index (χ1v) is 7.69. The summed E-state index contributed by atoms with van der Waals surface area (Å²) < 4.78 is 0.959. The Balaban J connectivity index is 1.58. The fourth-order valence-corrected chi connectivity index (χ4v) is 2.56. The predicted octanol–water partition coefficient (Wildman–Crippen LogP) is 3.67. The molecule has 0 radical (unpaired) electrons. The van der Waals surface area contributed by atoms with Crippen LogP contribution in [0, 0.1) is 0 Å². The molecule has 108 valence electrons. The van der Waals surface area contributed by atoms with Gasteiger partial charge < -0.3 is 4.90 Å². The fourth-order valence-electron chi connectivity index (χ4n) is 2.20. The first kappa shape index (κ1) is 14.0. The van der Waals surface area contributed by atoms with Crippen LogP contribution in [0.15, 0.2) is 63.5 Å². The van der Waals surface area contributed by atoms with Gasteiger partial charge in [0.2, 0.25) is 0 Å². The minimum Gasteiger partial charge on any atom is -0.353 e. The summed E-state index contributed by atoms with van der Waals surface area (Å²) in [5.41, 5.74) is 0.852. The van der Waals surface area contributed by atoms with Crippen molar-refractivity contribution in [1.82, 2.24) is 9.99 Å². The summed E-state index contributed by atoms with van der Waals surface area (Å²) >= 11 is 3.47. The molecule has 0 atom stereocenters. The van der Waals surface area contributed by atoms with Gasteiger partial charge in [-0.15, -0.1) is 5.11 Å². The molecule has 1 fully saturated rings. The minimum atomic E-state index is 0.852. The summed E-state index contributed by atoms with van der Waals surface area (Å²) in [5.74, 6) is 1.03. The molecule has 1 aliphatic heterocycles. The molecule has 6 heteroatoms. The van der Waals surface area contributed by atoms with Crippen LogP contribution in [-0.2, 0) is 0 Å². The number of benzene rings is 1. The van der Waals surface area contributed by atoms with Crippen LogP contribution in [0.25, 0.3) is 0 Å².